The highest BCUT2D eigenvalue weighted by molar-refractivity contribution is 9.10. The molecular formula is C11H10BrN5O. The third kappa shape index (κ3) is 2.80. The number of anilines is 2. The Morgan fingerprint density at radius 2 is 2.28 bits per heavy atom. The van der Waals surface area contributed by atoms with Crippen LogP contribution in [0, 0.1) is 0 Å². The fourth-order valence-corrected chi connectivity index (χ4v) is 1.69. The number of amides is 1. The zero-order chi connectivity index (χ0) is 13.0. The van der Waals surface area contributed by atoms with E-state index in [-0.39, 0.29) is 5.91 Å². The van der Waals surface area contributed by atoms with Crippen molar-refractivity contribution < 1.29 is 4.79 Å². The predicted octanol–water partition coefficient (Wildman–Crippen LogP) is 1.93. The lowest BCUT2D eigenvalue weighted by atomic mass is 10.2. The highest BCUT2D eigenvalue weighted by atomic mass is 79.9. The van der Waals surface area contributed by atoms with Crippen molar-refractivity contribution in [2.45, 2.75) is 0 Å². The van der Waals surface area contributed by atoms with E-state index in [0.717, 1.165) is 4.47 Å². The molecule has 0 aliphatic heterocycles. The van der Waals surface area contributed by atoms with Crippen LogP contribution in [-0.2, 0) is 0 Å². The lowest BCUT2D eigenvalue weighted by molar-refractivity contribution is 0.102. The topological polar surface area (TPSA) is 79.8 Å². The van der Waals surface area contributed by atoms with E-state index in [9.17, 15) is 4.79 Å². The second-order valence-electron chi connectivity index (χ2n) is 3.36. The number of aromatic nitrogens is 3. The number of carbonyl (C=O) groups excluding carboxylic acids is 1. The second kappa shape index (κ2) is 5.54. The zero-order valence-corrected chi connectivity index (χ0v) is 11.1. The first kappa shape index (κ1) is 12.4. The third-order valence-electron chi connectivity index (χ3n) is 2.15. The van der Waals surface area contributed by atoms with Gasteiger partial charge in [-0.05, 0) is 34.1 Å². The Morgan fingerprint density at radius 1 is 1.44 bits per heavy atom. The van der Waals surface area contributed by atoms with Crippen molar-refractivity contribution in [3.05, 3.63) is 40.6 Å². The van der Waals surface area contributed by atoms with Gasteiger partial charge in [0.05, 0.1) is 5.56 Å². The molecule has 0 unspecified atom stereocenters. The van der Waals surface area contributed by atoms with Crippen LogP contribution >= 0.6 is 15.9 Å². The molecule has 0 aliphatic rings. The maximum atomic E-state index is 12.1. The largest absolute Gasteiger partial charge is 0.372 e. The minimum atomic E-state index is -0.298. The van der Waals surface area contributed by atoms with Gasteiger partial charge in [-0.3, -0.25) is 4.79 Å². The van der Waals surface area contributed by atoms with Crippen molar-refractivity contribution in [1.82, 2.24) is 15.2 Å². The summed E-state index contributed by atoms with van der Waals surface area (Å²) in [5.41, 5.74) is 0.428. The molecule has 2 heterocycles. The molecule has 0 atom stereocenters. The summed E-state index contributed by atoms with van der Waals surface area (Å²) in [7, 11) is 1.70. The molecule has 2 aromatic rings. The number of hydrogen-bond acceptors (Lipinski definition) is 5. The molecule has 0 aromatic carbocycles. The molecular weight excluding hydrogens is 298 g/mol. The van der Waals surface area contributed by atoms with Crippen LogP contribution in [0.4, 0.5) is 11.6 Å². The highest BCUT2D eigenvalue weighted by Gasteiger charge is 2.13. The molecule has 0 bridgehead atoms. The smallest absolute Gasteiger partial charge is 0.260 e. The van der Waals surface area contributed by atoms with Crippen LogP contribution < -0.4 is 10.6 Å². The van der Waals surface area contributed by atoms with Crippen molar-refractivity contribution in [2.75, 3.05) is 17.7 Å². The third-order valence-corrected chi connectivity index (χ3v) is 2.58. The summed E-state index contributed by atoms with van der Waals surface area (Å²) in [6, 6.07) is 5.04. The molecule has 92 valence electrons. The molecule has 1 amide bonds. The molecule has 0 fully saturated rings. The van der Waals surface area contributed by atoms with Crippen LogP contribution in [0.2, 0.25) is 0 Å². The van der Waals surface area contributed by atoms with E-state index >= 15 is 0 Å². The maximum Gasteiger partial charge on any atom is 0.260 e. The van der Waals surface area contributed by atoms with Gasteiger partial charge < -0.3 is 10.6 Å². The molecule has 2 aromatic heterocycles. The quantitative estimate of drug-likeness (QED) is 0.905. The van der Waals surface area contributed by atoms with E-state index in [4.69, 9.17) is 0 Å². The first-order chi connectivity index (χ1) is 8.70. The van der Waals surface area contributed by atoms with Crippen molar-refractivity contribution in [3.63, 3.8) is 0 Å². The van der Waals surface area contributed by atoms with Crippen LogP contribution in [0.3, 0.4) is 0 Å². The van der Waals surface area contributed by atoms with Gasteiger partial charge in [-0.25, -0.2) is 4.98 Å². The Balaban J connectivity index is 2.26. The van der Waals surface area contributed by atoms with Crippen LogP contribution in [0.15, 0.2) is 35.1 Å². The fourth-order valence-electron chi connectivity index (χ4n) is 1.36. The summed E-state index contributed by atoms with van der Waals surface area (Å²) in [6.07, 6.45) is 3.15. The van der Waals surface area contributed by atoms with Gasteiger partial charge in [0.2, 0.25) is 0 Å². The molecule has 0 aliphatic carbocycles. The molecule has 18 heavy (non-hydrogen) atoms. The first-order valence-electron chi connectivity index (χ1n) is 5.13. The minimum Gasteiger partial charge on any atom is -0.372 e. The van der Waals surface area contributed by atoms with Gasteiger partial charge in [0, 0.05) is 23.9 Å². The molecule has 2 N–H and O–H groups in total. The number of carbonyl (C=O) groups is 1. The average Bonchev–Trinajstić information content (AvgIpc) is 2.40. The molecule has 2 rings (SSSR count). The van der Waals surface area contributed by atoms with Crippen molar-refractivity contribution in [3.8, 4) is 0 Å². The van der Waals surface area contributed by atoms with E-state index in [2.05, 4.69) is 41.7 Å². The summed E-state index contributed by atoms with van der Waals surface area (Å²) in [5.74, 6) is 0.595. The van der Waals surface area contributed by atoms with Gasteiger partial charge in [0.15, 0.2) is 5.82 Å². The maximum absolute atomic E-state index is 12.1. The number of rotatable bonds is 3. The molecule has 0 radical (unpaired) electrons. The average molecular weight is 308 g/mol. The summed E-state index contributed by atoms with van der Waals surface area (Å²) in [4.78, 5) is 16.2. The highest BCUT2D eigenvalue weighted by Crippen LogP contribution is 2.18. The summed E-state index contributed by atoms with van der Waals surface area (Å²) in [6.45, 7) is 0. The van der Waals surface area contributed by atoms with Gasteiger partial charge in [-0.2, -0.15) is 5.10 Å². The molecule has 7 heteroatoms. The Morgan fingerprint density at radius 3 is 2.94 bits per heavy atom. The van der Waals surface area contributed by atoms with Gasteiger partial charge in [0.25, 0.3) is 5.91 Å². The molecule has 0 spiro atoms. The fraction of sp³-hybridized carbons (Fsp3) is 0.0909. The minimum absolute atomic E-state index is 0.298. The number of halogens is 1. The Labute approximate surface area is 112 Å². The second-order valence-corrected chi connectivity index (χ2v) is 4.28. The Hall–Kier alpha value is -2.02. The van der Waals surface area contributed by atoms with Gasteiger partial charge in [0.1, 0.15) is 5.82 Å². The van der Waals surface area contributed by atoms with Gasteiger partial charge in [-0.1, -0.05) is 0 Å². The Kier molecular flexibility index (Phi) is 3.83. The first-order valence-corrected chi connectivity index (χ1v) is 5.92. The lowest BCUT2D eigenvalue weighted by Gasteiger charge is -2.08. The van der Waals surface area contributed by atoms with Gasteiger partial charge >= 0.3 is 0 Å². The monoisotopic (exact) mass is 307 g/mol. The van der Waals surface area contributed by atoms with Crippen molar-refractivity contribution in [1.29, 1.82) is 0 Å². The van der Waals surface area contributed by atoms with Crippen LogP contribution in [0.1, 0.15) is 10.4 Å². The normalized spacial score (nSPS) is 9.89. The standard InChI is InChI=1S/C11H10BrN5O/c1-13-10-8(5-7(12)6-14-10)11(18)16-9-3-2-4-15-17-9/h2-6H,1H3,(H,13,14)(H,16,17,18). The van der Waals surface area contributed by atoms with Crippen LogP contribution in [0.5, 0.6) is 0 Å². The SMILES string of the molecule is CNc1ncc(Br)cc1C(=O)Nc1cccnn1. The Bertz CT molecular complexity index is 561. The number of pyridine rings is 1. The van der Waals surface area contributed by atoms with Crippen LogP contribution in [0.25, 0.3) is 0 Å². The number of hydrogen-bond donors (Lipinski definition) is 2. The number of nitrogens with one attached hydrogen (secondary N) is 2. The zero-order valence-electron chi connectivity index (χ0n) is 9.51. The van der Waals surface area contributed by atoms with E-state index in [1.54, 1.807) is 31.4 Å². The van der Waals surface area contributed by atoms with E-state index in [0.29, 0.717) is 17.2 Å². The summed E-state index contributed by atoms with van der Waals surface area (Å²) in [5, 5.41) is 13.0. The van der Waals surface area contributed by atoms with E-state index < -0.39 is 0 Å². The van der Waals surface area contributed by atoms with Crippen LogP contribution in [-0.4, -0.2) is 28.1 Å². The number of nitrogens with zero attached hydrogens (tertiary/aromatic N) is 3. The molecule has 0 saturated heterocycles. The molecule has 0 saturated carbocycles. The summed E-state index contributed by atoms with van der Waals surface area (Å²) < 4.78 is 0.728. The van der Waals surface area contributed by atoms with Crippen molar-refractivity contribution in [2.24, 2.45) is 0 Å². The van der Waals surface area contributed by atoms with E-state index in [1.807, 2.05) is 0 Å². The summed E-state index contributed by atoms with van der Waals surface area (Å²) >= 11 is 3.28. The lowest BCUT2D eigenvalue weighted by Crippen LogP contribution is -2.15. The molecule has 6 nitrogen and oxygen atoms in total. The van der Waals surface area contributed by atoms with Gasteiger partial charge in [-0.15, -0.1) is 5.10 Å². The van der Waals surface area contributed by atoms with E-state index in [1.165, 1.54) is 6.20 Å². The predicted molar refractivity (Wildman–Crippen MR) is 71.5 cm³/mol. The van der Waals surface area contributed by atoms with Crippen molar-refractivity contribution >= 4 is 33.5 Å².